The molecule has 0 saturated heterocycles. The molecule has 0 aliphatic rings. The zero-order valence-corrected chi connectivity index (χ0v) is 11.0. The van der Waals surface area contributed by atoms with E-state index >= 15 is 0 Å². The first-order valence-corrected chi connectivity index (χ1v) is 6.22. The second-order valence-corrected chi connectivity index (χ2v) is 4.32. The Kier molecular flexibility index (Phi) is 7.08. The second kappa shape index (κ2) is 8.62. The van der Waals surface area contributed by atoms with Gasteiger partial charge in [-0.2, -0.15) is 5.26 Å². The molecule has 2 unspecified atom stereocenters. The number of aliphatic hydroxyl groups is 2. The van der Waals surface area contributed by atoms with E-state index in [4.69, 9.17) is 15.1 Å². The molecule has 0 saturated carbocycles. The molecule has 5 heteroatoms. The summed E-state index contributed by atoms with van der Waals surface area (Å²) < 4.78 is 5.03. The summed E-state index contributed by atoms with van der Waals surface area (Å²) in [4.78, 5) is 0. The number of nitriles is 1. The zero-order chi connectivity index (χ0) is 14.1. The molecule has 5 nitrogen and oxygen atoms in total. The first-order chi connectivity index (χ1) is 9.21. The van der Waals surface area contributed by atoms with Gasteiger partial charge in [0.25, 0.3) is 0 Å². The Morgan fingerprint density at radius 2 is 2.05 bits per heavy atom. The van der Waals surface area contributed by atoms with Crippen LogP contribution in [0.1, 0.15) is 23.7 Å². The molecule has 0 radical (unpaired) electrons. The van der Waals surface area contributed by atoms with Gasteiger partial charge in [0, 0.05) is 26.3 Å². The van der Waals surface area contributed by atoms with Crippen LogP contribution in [0.2, 0.25) is 0 Å². The number of hydrogen-bond acceptors (Lipinski definition) is 5. The van der Waals surface area contributed by atoms with Crippen LogP contribution in [0.15, 0.2) is 24.3 Å². The normalized spacial score (nSPS) is 13.8. The summed E-state index contributed by atoms with van der Waals surface area (Å²) in [5.74, 6) is 0. The van der Waals surface area contributed by atoms with Crippen LogP contribution in [-0.2, 0) is 4.74 Å². The third-order valence-corrected chi connectivity index (χ3v) is 2.87. The molecule has 0 spiro atoms. The summed E-state index contributed by atoms with van der Waals surface area (Å²) in [7, 11) is 1.60. The average Bonchev–Trinajstić information content (AvgIpc) is 2.45. The van der Waals surface area contributed by atoms with Crippen LogP contribution >= 0.6 is 0 Å². The average molecular weight is 264 g/mol. The molecule has 19 heavy (non-hydrogen) atoms. The van der Waals surface area contributed by atoms with Crippen LogP contribution in [-0.4, -0.2) is 43.1 Å². The molecule has 0 aromatic heterocycles. The maximum absolute atomic E-state index is 10.0. The van der Waals surface area contributed by atoms with Gasteiger partial charge in [-0.05, 0) is 24.1 Å². The summed E-state index contributed by atoms with van der Waals surface area (Å²) in [5, 5.41) is 30.8. The quantitative estimate of drug-likeness (QED) is 0.639. The molecule has 0 fully saturated rings. The van der Waals surface area contributed by atoms with E-state index in [2.05, 4.69) is 5.32 Å². The van der Waals surface area contributed by atoms with Crippen LogP contribution in [0.25, 0.3) is 0 Å². The van der Waals surface area contributed by atoms with Crippen molar-refractivity contribution in [2.24, 2.45) is 0 Å². The lowest BCUT2D eigenvalue weighted by Crippen LogP contribution is -2.36. The van der Waals surface area contributed by atoms with Gasteiger partial charge in [-0.25, -0.2) is 0 Å². The van der Waals surface area contributed by atoms with Crippen LogP contribution in [0.5, 0.6) is 0 Å². The van der Waals surface area contributed by atoms with Gasteiger partial charge in [-0.1, -0.05) is 12.1 Å². The van der Waals surface area contributed by atoms with E-state index in [1.165, 1.54) is 0 Å². The number of nitrogens with zero attached hydrogens (tertiary/aromatic N) is 1. The predicted octanol–water partition coefficient (Wildman–Crippen LogP) is 0.579. The van der Waals surface area contributed by atoms with Crippen molar-refractivity contribution in [1.82, 2.24) is 5.32 Å². The molecule has 2 atom stereocenters. The van der Waals surface area contributed by atoms with Crippen molar-refractivity contribution in [1.29, 1.82) is 5.26 Å². The Hall–Kier alpha value is -1.45. The third kappa shape index (κ3) is 5.37. The number of ether oxygens (including phenoxy) is 1. The van der Waals surface area contributed by atoms with Crippen molar-refractivity contribution in [3.05, 3.63) is 35.4 Å². The minimum Gasteiger partial charge on any atom is -0.396 e. The van der Waals surface area contributed by atoms with Crippen molar-refractivity contribution in [3.63, 3.8) is 0 Å². The van der Waals surface area contributed by atoms with E-state index in [0.29, 0.717) is 25.1 Å². The number of methoxy groups -OCH3 is 1. The van der Waals surface area contributed by atoms with Gasteiger partial charge < -0.3 is 20.3 Å². The SMILES string of the molecule is COCC(CCO)NCC(O)c1ccc(C#N)cc1. The van der Waals surface area contributed by atoms with E-state index in [0.717, 1.165) is 5.56 Å². The lowest BCUT2D eigenvalue weighted by molar-refractivity contribution is 0.127. The van der Waals surface area contributed by atoms with Gasteiger partial charge in [0.05, 0.1) is 24.3 Å². The molecule has 1 rings (SSSR count). The highest BCUT2D eigenvalue weighted by Crippen LogP contribution is 2.13. The van der Waals surface area contributed by atoms with Crippen molar-refractivity contribution >= 4 is 0 Å². The fraction of sp³-hybridized carbons (Fsp3) is 0.500. The highest BCUT2D eigenvalue weighted by molar-refractivity contribution is 5.32. The van der Waals surface area contributed by atoms with Crippen LogP contribution in [0.3, 0.4) is 0 Å². The molecular formula is C14H20N2O3. The van der Waals surface area contributed by atoms with Crippen molar-refractivity contribution in [2.45, 2.75) is 18.6 Å². The lowest BCUT2D eigenvalue weighted by atomic mass is 10.1. The largest absolute Gasteiger partial charge is 0.396 e. The smallest absolute Gasteiger partial charge is 0.0991 e. The standard InChI is InChI=1S/C14H20N2O3/c1-19-10-13(6-7-17)16-9-14(18)12-4-2-11(8-15)3-5-12/h2-5,13-14,16-18H,6-7,9-10H2,1H3. The summed E-state index contributed by atoms with van der Waals surface area (Å²) in [6.07, 6.45) is -0.0701. The van der Waals surface area contributed by atoms with Gasteiger partial charge in [0.15, 0.2) is 0 Å². The zero-order valence-electron chi connectivity index (χ0n) is 11.0. The summed E-state index contributed by atoms with van der Waals surface area (Å²) in [6.45, 7) is 0.939. The fourth-order valence-corrected chi connectivity index (χ4v) is 1.78. The molecule has 104 valence electrons. The van der Waals surface area contributed by atoms with Crippen molar-refractivity contribution in [2.75, 3.05) is 26.9 Å². The minimum absolute atomic E-state index is 0.0167. The molecule has 1 aromatic rings. The number of nitrogens with one attached hydrogen (secondary N) is 1. The van der Waals surface area contributed by atoms with Crippen molar-refractivity contribution in [3.8, 4) is 6.07 Å². The first-order valence-electron chi connectivity index (χ1n) is 6.22. The van der Waals surface area contributed by atoms with E-state index in [9.17, 15) is 5.11 Å². The van der Waals surface area contributed by atoms with Crippen LogP contribution in [0.4, 0.5) is 0 Å². The third-order valence-electron chi connectivity index (χ3n) is 2.87. The second-order valence-electron chi connectivity index (χ2n) is 4.32. The number of rotatable bonds is 8. The van der Waals surface area contributed by atoms with Crippen molar-refractivity contribution < 1.29 is 14.9 Å². The molecule has 1 aromatic carbocycles. The molecular weight excluding hydrogens is 244 g/mol. The predicted molar refractivity (Wildman–Crippen MR) is 71.5 cm³/mol. The van der Waals surface area contributed by atoms with Gasteiger partial charge >= 0.3 is 0 Å². The highest BCUT2D eigenvalue weighted by atomic mass is 16.5. The topological polar surface area (TPSA) is 85.5 Å². The summed E-state index contributed by atoms with van der Waals surface area (Å²) >= 11 is 0. The molecule has 0 aliphatic carbocycles. The molecule has 0 amide bonds. The van der Waals surface area contributed by atoms with E-state index in [1.807, 2.05) is 6.07 Å². The fourth-order valence-electron chi connectivity index (χ4n) is 1.78. The van der Waals surface area contributed by atoms with Gasteiger partial charge in [0.1, 0.15) is 0 Å². The molecule has 3 N–H and O–H groups in total. The van der Waals surface area contributed by atoms with Crippen LogP contribution in [0, 0.1) is 11.3 Å². The summed E-state index contributed by atoms with van der Waals surface area (Å²) in [5.41, 5.74) is 1.33. The Morgan fingerprint density at radius 1 is 1.37 bits per heavy atom. The number of hydrogen-bond donors (Lipinski definition) is 3. The maximum atomic E-state index is 10.0. The minimum atomic E-state index is -0.647. The van der Waals surface area contributed by atoms with E-state index in [1.54, 1.807) is 31.4 Å². The molecule has 0 bridgehead atoms. The Balaban J connectivity index is 2.48. The first kappa shape index (κ1) is 15.6. The van der Waals surface area contributed by atoms with Crippen LogP contribution < -0.4 is 5.32 Å². The summed E-state index contributed by atoms with van der Waals surface area (Å²) in [6, 6.07) is 8.89. The van der Waals surface area contributed by atoms with Gasteiger partial charge in [-0.15, -0.1) is 0 Å². The Morgan fingerprint density at radius 3 is 2.58 bits per heavy atom. The van der Waals surface area contributed by atoms with E-state index < -0.39 is 6.10 Å². The molecule has 0 aliphatic heterocycles. The Labute approximate surface area is 113 Å². The lowest BCUT2D eigenvalue weighted by Gasteiger charge is -2.19. The van der Waals surface area contributed by atoms with Gasteiger partial charge in [0.2, 0.25) is 0 Å². The Bertz CT molecular complexity index is 394. The highest BCUT2D eigenvalue weighted by Gasteiger charge is 2.12. The molecule has 0 heterocycles. The number of aliphatic hydroxyl groups excluding tert-OH is 2. The monoisotopic (exact) mass is 264 g/mol. The number of benzene rings is 1. The maximum Gasteiger partial charge on any atom is 0.0991 e. The van der Waals surface area contributed by atoms with Gasteiger partial charge in [-0.3, -0.25) is 0 Å². The van der Waals surface area contributed by atoms with E-state index in [-0.39, 0.29) is 12.6 Å².